The van der Waals surface area contributed by atoms with Crippen LogP contribution < -0.4 is 4.90 Å². The van der Waals surface area contributed by atoms with Crippen LogP contribution in [0, 0.1) is 0 Å². The summed E-state index contributed by atoms with van der Waals surface area (Å²) < 4.78 is 6.52. The van der Waals surface area contributed by atoms with Crippen molar-refractivity contribution in [3.8, 4) is 0 Å². The van der Waals surface area contributed by atoms with Gasteiger partial charge in [-0.25, -0.2) is 0 Å². The molecule has 0 saturated heterocycles. The van der Waals surface area contributed by atoms with Gasteiger partial charge >= 0.3 is 5.97 Å². The lowest BCUT2D eigenvalue weighted by Crippen LogP contribution is -2.38. The maximum Gasteiger partial charge on any atom is 0.322 e. The third-order valence-electron chi connectivity index (χ3n) is 3.64. The van der Waals surface area contributed by atoms with Crippen molar-refractivity contribution < 1.29 is 14.3 Å². The first-order chi connectivity index (χ1) is 11.1. The van der Waals surface area contributed by atoms with Gasteiger partial charge in [0.15, 0.2) is 5.92 Å². The highest BCUT2D eigenvalue weighted by Crippen LogP contribution is 2.24. The van der Waals surface area contributed by atoms with Crippen LogP contribution in [0.5, 0.6) is 0 Å². The van der Waals surface area contributed by atoms with E-state index in [1.165, 1.54) is 7.11 Å². The van der Waals surface area contributed by atoms with Gasteiger partial charge in [-0.15, -0.1) is 0 Å². The number of methoxy groups -OCH3 is 1. The van der Waals surface area contributed by atoms with Gasteiger partial charge in [-0.3, -0.25) is 14.3 Å². The highest BCUT2D eigenvalue weighted by molar-refractivity contribution is 6.10. The molecule has 0 saturated carbocycles. The van der Waals surface area contributed by atoms with Crippen LogP contribution in [0.1, 0.15) is 25.3 Å². The number of rotatable bonds is 6. The molecule has 1 aromatic heterocycles. The second-order valence-corrected chi connectivity index (χ2v) is 5.00. The minimum Gasteiger partial charge on any atom is -0.468 e. The monoisotopic (exact) mass is 315 g/mol. The Hall–Kier alpha value is -2.63. The molecule has 0 aliphatic rings. The third-order valence-corrected chi connectivity index (χ3v) is 3.64. The first-order valence-corrected chi connectivity index (χ1v) is 7.58. The average Bonchev–Trinajstić information content (AvgIpc) is 3.05. The zero-order valence-corrected chi connectivity index (χ0v) is 13.6. The van der Waals surface area contributed by atoms with Crippen LogP contribution in [0.25, 0.3) is 0 Å². The summed E-state index contributed by atoms with van der Waals surface area (Å²) >= 11 is 0. The summed E-state index contributed by atoms with van der Waals surface area (Å²) in [5.41, 5.74) is 1.29. The molecule has 1 aromatic carbocycles. The van der Waals surface area contributed by atoms with Gasteiger partial charge in [-0.2, -0.15) is 5.10 Å². The number of esters is 1. The molecule has 2 aromatic rings. The Morgan fingerprint density at radius 3 is 2.48 bits per heavy atom. The zero-order chi connectivity index (χ0) is 16.8. The number of aryl methyl sites for hydroxylation is 1. The number of likely N-dealkylation sites (N-methyl/N-ethyl adjacent to an activating group) is 1. The van der Waals surface area contributed by atoms with Gasteiger partial charge in [0, 0.05) is 30.5 Å². The minimum atomic E-state index is -1.01. The van der Waals surface area contributed by atoms with Gasteiger partial charge in [-0.1, -0.05) is 18.2 Å². The Labute approximate surface area is 135 Å². The number of hydrogen-bond donors (Lipinski definition) is 0. The van der Waals surface area contributed by atoms with Crippen LogP contribution in [0.2, 0.25) is 0 Å². The molecule has 0 fully saturated rings. The Morgan fingerprint density at radius 2 is 1.96 bits per heavy atom. The van der Waals surface area contributed by atoms with Crippen molar-refractivity contribution in [3.05, 3.63) is 48.3 Å². The fourth-order valence-electron chi connectivity index (χ4n) is 2.43. The van der Waals surface area contributed by atoms with E-state index in [1.54, 1.807) is 22.0 Å². The van der Waals surface area contributed by atoms with Gasteiger partial charge in [-0.05, 0) is 26.0 Å². The van der Waals surface area contributed by atoms with Crippen LogP contribution in [0.3, 0.4) is 0 Å². The lowest BCUT2D eigenvalue weighted by Gasteiger charge is -2.24. The predicted octanol–water partition coefficient (Wildman–Crippen LogP) is 2.21. The largest absolute Gasteiger partial charge is 0.468 e. The molecule has 6 nitrogen and oxygen atoms in total. The summed E-state index contributed by atoms with van der Waals surface area (Å²) in [5, 5.41) is 4.15. The van der Waals surface area contributed by atoms with E-state index in [2.05, 4.69) is 5.10 Å². The standard InChI is InChI=1S/C17H21N3O3/c1-4-19-12-13(11-18-19)15(17(22)23-3)16(21)20(5-2)14-9-7-6-8-10-14/h6-12,15H,4-5H2,1-3H3. The molecule has 6 heteroatoms. The van der Waals surface area contributed by atoms with E-state index in [-0.39, 0.29) is 5.91 Å². The van der Waals surface area contributed by atoms with Crippen molar-refractivity contribution in [3.63, 3.8) is 0 Å². The van der Waals surface area contributed by atoms with E-state index >= 15 is 0 Å². The van der Waals surface area contributed by atoms with Crippen molar-refractivity contribution >= 4 is 17.6 Å². The second kappa shape index (κ2) is 7.58. The molecule has 1 amide bonds. The molecule has 23 heavy (non-hydrogen) atoms. The van der Waals surface area contributed by atoms with Crippen LogP contribution in [0.15, 0.2) is 42.7 Å². The average molecular weight is 315 g/mol. The normalized spacial score (nSPS) is 11.8. The van der Waals surface area contributed by atoms with Crippen LogP contribution in [0.4, 0.5) is 5.69 Å². The smallest absolute Gasteiger partial charge is 0.322 e. The number of carbonyl (C=O) groups is 2. The quantitative estimate of drug-likeness (QED) is 0.605. The van der Waals surface area contributed by atoms with E-state index in [0.717, 1.165) is 5.69 Å². The number of benzene rings is 1. The van der Waals surface area contributed by atoms with Crippen molar-refractivity contribution in [1.82, 2.24) is 9.78 Å². The van der Waals surface area contributed by atoms with Crippen molar-refractivity contribution in [1.29, 1.82) is 0 Å². The SMILES string of the molecule is CCN(C(=O)C(C(=O)OC)c1cnn(CC)c1)c1ccccc1. The topological polar surface area (TPSA) is 64.4 Å². The molecule has 0 aliphatic carbocycles. The minimum absolute atomic E-state index is 0.318. The van der Waals surface area contributed by atoms with Gasteiger partial charge in [0.25, 0.3) is 0 Å². The van der Waals surface area contributed by atoms with E-state index in [0.29, 0.717) is 18.7 Å². The van der Waals surface area contributed by atoms with E-state index in [1.807, 2.05) is 44.2 Å². The molecule has 0 spiro atoms. The summed E-state index contributed by atoms with van der Waals surface area (Å²) in [6.45, 7) is 4.93. The highest BCUT2D eigenvalue weighted by Gasteiger charge is 2.34. The molecule has 0 aliphatic heterocycles. The molecular weight excluding hydrogens is 294 g/mol. The lowest BCUT2D eigenvalue weighted by atomic mass is 10.0. The zero-order valence-electron chi connectivity index (χ0n) is 13.6. The van der Waals surface area contributed by atoms with Crippen LogP contribution in [-0.2, 0) is 20.9 Å². The molecule has 1 unspecified atom stereocenters. The number of nitrogens with zero attached hydrogens (tertiary/aromatic N) is 3. The maximum absolute atomic E-state index is 13.0. The van der Waals surface area contributed by atoms with Gasteiger partial charge in [0.05, 0.1) is 13.3 Å². The Bertz CT molecular complexity index is 667. The first-order valence-electron chi connectivity index (χ1n) is 7.58. The number of anilines is 1. The molecule has 122 valence electrons. The van der Waals surface area contributed by atoms with Crippen molar-refractivity contribution in [2.24, 2.45) is 0 Å². The summed E-state index contributed by atoms with van der Waals surface area (Å²) in [5.74, 6) is -1.92. The van der Waals surface area contributed by atoms with Gasteiger partial charge in [0.1, 0.15) is 0 Å². The fraction of sp³-hybridized carbons (Fsp3) is 0.353. The Balaban J connectivity index is 2.38. The van der Waals surface area contributed by atoms with Crippen LogP contribution in [-0.4, -0.2) is 35.3 Å². The number of aromatic nitrogens is 2. The molecule has 0 N–H and O–H groups in total. The predicted molar refractivity (Wildman–Crippen MR) is 87.1 cm³/mol. The summed E-state index contributed by atoms with van der Waals surface area (Å²) in [6.07, 6.45) is 3.25. The molecule has 2 rings (SSSR count). The highest BCUT2D eigenvalue weighted by atomic mass is 16.5. The van der Waals surface area contributed by atoms with E-state index in [9.17, 15) is 9.59 Å². The molecule has 0 bridgehead atoms. The number of carbonyl (C=O) groups excluding carboxylic acids is 2. The number of ether oxygens (including phenoxy) is 1. The van der Waals surface area contributed by atoms with Crippen molar-refractivity contribution in [2.45, 2.75) is 26.3 Å². The summed E-state index contributed by atoms with van der Waals surface area (Å²) in [4.78, 5) is 26.7. The number of para-hydroxylation sites is 1. The number of amides is 1. The Kier molecular flexibility index (Phi) is 5.51. The maximum atomic E-state index is 13.0. The molecule has 1 atom stereocenters. The van der Waals surface area contributed by atoms with Gasteiger partial charge < -0.3 is 9.64 Å². The molecule has 0 radical (unpaired) electrons. The van der Waals surface area contributed by atoms with Crippen molar-refractivity contribution in [2.75, 3.05) is 18.6 Å². The molecule has 1 heterocycles. The number of hydrogen-bond acceptors (Lipinski definition) is 4. The van der Waals surface area contributed by atoms with Crippen LogP contribution >= 0.6 is 0 Å². The summed E-state index contributed by atoms with van der Waals surface area (Å²) in [7, 11) is 1.28. The molecular formula is C17H21N3O3. The first kappa shape index (κ1) is 16.7. The lowest BCUT2D eigenvalue weighted by molar-refractivity contribution is -0.145. The van der Waals surface area contributed by atoms with Gasteiger partial charge in [0.2, 0.25) is 5.91 Å². The van der Waals surface area contributed by atoms with E-state index < -0.39 is 11.9 Å². The summed E-state index contributed by atoms with van der Waals surface area (Å²) in [6, 6.07) is 9.27. The van der Waals surface area contributed by atoms with E-state index in [4.69, 9.17) is 4.74 Å². The third kappa shape index (κ3) is 3.59. The second-order valence-electron chi connectivity index (χ2n) is 5.00. The Morgan fingerprint density at radius 1 is 1.26 bits per heavy atom. The fourth-order valence-corrected chi connectivity index (χ4v) is 2.43.